The number of hydrogen-bond donors (Lipinski definition) is 1. The summed E-state index contributed by atoms with van der Waals surface area (Å²) in [5.74, 6) is 1.42. The van der Waals surface area contributed by atoms with Crippen molar-refractivity contribution in [3.8, 4) is 5.69 Å². The molecular formula is C18H26N6O. The second-order valence-electron chi connectivity index (χ2n) is 7.03. The van der Waals surface area contributed by atoms with Crippen LogP contribution in [0.2, 0.25) is 0 Å². The van der Waals surface area contributed by atoms with Gasteiger partial charge in [0.2, 0.25) is 11.9 Å². The van der Waals surface area contributed by atoms with Gasteiger partial charge in [-0.15, -0.1) is 0 Å². The lowest BCUT2D eigenvalue weighted by atomic mass is 9.95. The highest BCUT2D eigenvalue weighted by molar-refractivity contribution is 5.79. The molecule has 1 fully saturated rings. The molecule has 134 valence electrons. The predicted octanol–water partition coefficient (Wildman–Crippen LogP) is 2.04. The summed E-state index contributed by atoms with van der Waals surface area (Å²) >= 11 is 0. The Kier molecular flexibility index (Phi) is 5.31. The van der Waals surface area contributed by atoms with Crippen LogP contribution in [0.3, 0.4) is 0 Å². The van der Waals surface area contributed by atoms with Crippen LogP contribution >= 0.6 is 0 Å². The third-order valence-corrected chi connectivity index (χ3v) is 4.97. The lowest BCUT2D eigenvalue weighted by Gasteiger charge is -2.32. The van der Waals surface area contributed by atoms with Crippen molar-refractivity contribution in [3.05, 3.63) is 30.3 Å². The third-order valence-electron chi connectivity index (χ3n) is 4.97. The Balaban J connectivity index is 1.62. The number of nitrogens with one attached hydrogen (secondary N) is 1. The molecular weight excluding hydrogens is 316 g/mol. The summed E-state index contributed by atoms with van der Waals surface area (Å²) in [6.45, 7) is 7.86. The fraction of sp³-hybridized carbons (Fsp3) is 0.556. The largest absolute Gasteiger partial charge is 0.353 e. The molecule has 25 heavy (non-hydrogen) atoms. The van der Waals surface area contributed by atoms with Crippen LogP contribution in [0.1, 0.15) is 33.6 Å². The molecule has 0 saturated carbocycles. The number of nitrogens with zero attached hydrogens (tertiary/aromatic N) is 5. The summed E-state index contributed by atoms with van der Waals surface area (Å²) < 4.78 is 1.75. The molecule has 1 aromatic heterocycles. The molecule has 1 N–H and O–H groups in total. The van der Waals surface area contributed by atoms with Crippen LogP contribution in [0.5, 0.6) is 0 Å². The van der Waals surface area contributed by atoms with E-state index in [1.54, 1.807) is 4.68 Å². The topological polar surface area (TPSA) is 75.9 Å². The van der Waals surface area contributed by atoms with Crippen molar-refractivity contribution in [2.24, 2.45) is 11.8 Å². The maximum absolute atomic E-state index is 12.4. The summed E-state index contributed by atoms with van der Waals surface area (Å²) in [4.78, 5) is 14.6. The zero-order valence-electron chi connectivity index (χ0n) is 15.1. The van der Waals surface area contributed by atoms with Gasteiger partial charge in [-0.25, -0.2) is 0 Å². The fourth-order valence-electron chi connectivity index (χ4n) is 2.97. The van der Waals surface area contributed by atoms with Crippen LogP contribution in [0.25, 0.3) is 5.69 Å². The smallest absolute Gasteiger partial charge is 0.250 e. The molecule has 1 amide bonds. The summed E-state index contributed by atoms with van der Waals surface area (Å²) in [6, 6.07) is 10.1. The van der Waals surface area contributed by atoms with Crippen LogP contribution in [0.15, 0.2) is 30.3 Å². The Morgan fingerprint density at radius 2 is 1.84 bits per heavy atom. The molecule has 0 aliphatic carbocycles. The van der Waals surface area contributed by atoms with Gasteiger partial charge in [0, 0.05) is 25.0 Å². The molecule has 0 spiro atoms. The number of carbonyl (C=O) groups is 1. The van der Waals surface area contributed by atoms with Gasteiger partial charge in [0.1, 0.15) is 0 Å². The molecule has 1 saturated heterocycles. The van der Waals surface area contributed by atoms with Crippen molar-refractivity contribution in [1.82, 2.24) is 25.5 Å². The summed E-state index contributed by atoms with van der Waals surface area (Å²) in [6.07, 6.45) is 1.64. The number of piperidine rings is 1. The molecule has 1 aromatic carbocycles. The minimum Gasteiger partial charge on any atom is -0.353 e. The summed E-state index contributed by atoms with van der Waals surface area (Å²) in [5.41, 5.74) is 0.938. The number of benzene rings is 1. The van der Waals surface area contributed by atoms with Gasteiger partial charge in [0.15, 0.2) is 0 Å². The molecule has 7 nitrogen and oxygen atoms in total. The number of rotatable bonds is 5. The number of amides is 1. The number of anilines is 1. The molecule has 1 aliphatic rings. The molecule has 0 bridgehead atoms. The fourth-order valence-corrected chi connectivity index (χ4v) is 2.97. The van der Waals surface area contributed by atoms with E-state index in [4.69, 9.17) is 0 Å². The van der Waals surface area contributed by atoms with Crippen molar-refractivity contribution in [3.63, 3.8) is 0 Å². The van der Waals surface area contributed by atoms with Gasteiger partial charge in [0.05, 0.1) is 5.69 Å². The first-order valence-electron chi connectivity index (χ1n) is 8.95. The van der Waals surface area contributed by atoms with Gasteiger partial charge in [0.25, 0.3) is 0 Å². The Morgan fingerprint density at radius 1 is 1.16 bits per heavy atom. The lowest BCUT2D eigenvalue weighted by molar-refractivity contribution is -0.126. The minimum atomic E-state index is 0.0681. The predicted molar refractivity (Wildman–Crippen MR) is 96.5 cm³/mol. The Labute approximate surface area is 148 Å². The van der Waals surface area contributed by atoms with Crippen molar-refractivity contribution >= 4 is 11.9 Å². The average Bonchev–Trinajstić information content (AvgIpc) is 3.12. The molecule has 7 heteroatoms. The maximum atomic E-state index is 12.4. The van der Waals surface area contributed by atoms with E-state index in [0.717, 1.165) is 37.6 Å². The number of carbonyl (C=O) groups excluding carboxylic acids is 1. The van der Waals surface area contributed by atoms with E-state index in [2.05, 4.69) is 46.5 Å². The highest BCUT2D eigenvalue weighted by atomic mass is 16.1. The van der Waals surface area contributed by atoms with Crippen LogP contribution in [0, 0.1) is 11.8 Å². The normalized spacial score (nSPS) is 16.9. The third kappa shape index (κ3) is 3.97. The van der Waals surface area contributed by atoms with Crippen LogP contribution in [0.4, 0.5) is 5.95 Å². The average molecular weight is 342 g/mol. The highest BCUT2D eigenvalue weighted by Gasteiger charge is 2.28. The molecule has 0 radical (unpaired) electrons. The van der Waals surface area contributed by atoms with Gasteiger partial charge in [-0.3, -0.25) is 4.79 Å². The van der Waals surface area contributed by atoms with E-state index in [1.807, 2.05) is 30.3 Å². The summed E-state index contributed by atoms with van der Waals surface area (Å²) in [5, 5.41) is 15.3. The quantitative estimate of drug-likeness (QED) is 0.900. The zero-order chi connectivity index (χ0) is 17.8. The Bertz CT molecular complexity index is 691. The van der Waals surface area contributed by atoms with E-state index in [9.17, 15) is 4.79 Å². The first-order valence-corrected chi connectivity index (χ1v) is 8.95. The van der Waals surface area contributed by atoms with E-state index < -0.39 is 0 Å². The molecule has 2 aromatic rings. The standard InChI is InChI=1S/C18H26N6O/c1-13(2)14(3)19-17(25)15-9-11-23(12-10-15)18-20-21-22-24(18)16-7-5-4-6-8-16/h4-8,13-15H,9-12H2,1-3H3,(H,19,25)/t14-/m0/s1. The van der Waals surface area contributed by atoms with Crippen LogP contribution in [-0.4, -0.2) is 45.2 Å². The van der Waals surface area contributed by atoms with Gasteiger partial charge in [-0.2, -0.15) is 4.68 Å². The zero-order valence-corrected chi connectivity index (χ0v) is 15.1. The maximum Gasteiger partial charge on any atom is 0.250 e. The molecule has 1 atom stereocenters. The van der Waals surface area contributed by atoms with Crippen LogP contribution < -0.4 is 10.2 Å². The van der Waals surface area contributed by atoms with Crippen molar-refractivity contribution < 1.29 is 4.79 Å². The van der Waals surface area contributed by atoms with Crippen molar-refractivity contribution in [1.29, 1.82) is 0 Å². The van der Waals surface area contributed by atoms with E-state index in [1.165, 1.54) is 0 Å². The van der Waals surface area contributed by atoms with Crippen LogP contribution in [-0.2, 0) is 4.79 Å². The molecule has 2 heterocycles. The SMILES string of the molecule is CC(C)[C@H](C)NC(=O)C1CCN(c2nnnn2-c2ccccc2)CC1. The second kappa shape index (κ2) is 7.63. The molecule has 3 rings (SSSR count). The van der Waals surface area contributed by atoms with Crippen molar-refractivity contribution in [2.45, 2.75) is 39.7 Å². The van der Waals surface area contributed by atoms with Crippen molar-refractivity contribution in [2.75, 3.05) is 18.0 Å². The van der Waals surface area contributed by atoms with E-state index in [0.29, 0.717) is 5.92 Å². The Morgan fingerprint density at radius 3 is 2.48 bits per heavy atom. The van der Waals surface area contributed by atoms with E-state index in [-0.39, 0.29) is 17.9 Å². The number of hydrogen-bond acceptors (Lipinski definition) is 5. The lowest BCUT2D eigenvalue weighted by Crippen LogP contribution is -2.45. The van der Waals surface area contributed by atoms with Gasteiger partial charge >= 0.3 is 0 Å². The number of aromatic nitrogens is 4. The number of tetrazole rings is 1. The first-order chi connectivity index (χ1) is 12.1. The monoisotopic (exact) mass is 342 g/mol. The van der Waals surface area contributed by atoms with Gasteiger partial charge in [-0.05, 0) is 48.2 Å². The highest BCUT2D eigenvalue weighted by Crippen LogP contribution is 2.23. The first kappa shape index (κ1) is 17.4. The summed E-state index contributed by atoms with van der Waals surface area (Å²) in [7, 11) is 0. The molecule has 0 unspecified atom stereocenters. The minimum absolute atomic E-state index is 0.0681. The molecule has 1 aliphatic heterocycles. The number of para-hydroxylation sites is 1. The van der Waals surface area contributed by atoms with E-state index >= 15 is 0 Å². The Hall–Kier alpha value is -2.44. The van der Waals surface area contributed by atoms with Gasteiger partial charge in [-0.1, -0.05) is 37.1 Å². The second-order valence-corrected chi connectivity index (χ2v) is 7.03. The van der Waals surface area contributed by atoms with Gasteiger partial charge < -0.3 is 10.2 Å².